The fourth-order valence-electron chi connectivity index (χ4n) is 4.53. The molecule has 1 aromatic rings. The summed E-state index contributed by atoms with van der Waals surface area (Å²) < 4.78 is 5.38. The lowest BCUT2D eigenvalue weighted by atomic mass is 10.0. The number of carbonyl (C=O) groups excluding carboxylic acids is 2. The lowest BCUT2D eigenvalue weighted by molar-refractivity contribution is -0.123. The van der Waals surface area contributed by atoms with E-state index in [4.69, 9.17) is 10.5 Å². The highest BCUT2D eigenvalue weighted by Gasteiger charge is 2.35. The molecule has 2 atom stereocenters. The van der Waals surface area contributed by atoms with Crippen LogP contribution in [0.4, 0.5) is 0 Å². The molecule has 3 N–H and O–H groups in total. The number of hydrogen-bond acceptors (Lipinski definition) is 5. The SMILES string of the molecule is COc1ccccc1C(C)NC(=O)CN1CCC(N2CCCC2C(N)=O)CC1. The van der Waals surface area contributed by atoms with E-state index < -0.39 is 0 Å². The predicted octanol–water partition coefficient (Wildman–Crippen LogP) is 1.29. The molecule has 28 heavy (non-hydrogen) atoms. The van der Waals surface area contributed by atoms with Crippen LogP contribution >= 0.6 is 0 Å². The molecule has 2 saturated heterocycles. The summed E-state index contributed by atoms with van der Waals surface area (Å²) in [6.45, 7) is 5.05. The summed E-state index contributed by atoms with van der Waals surface area (Å²) in [5.41, 5.74) is 6.53. The Bertz CT molecular complexity index is 688. The highest BCUT2D eigenvalue weighted by Crippen LogP contribution is 2.26. The predicted molar refractivity (Wildman–Crippen MR) is 108 cm³/mol. The maximum atomic E-state index is 12.5. The van der Waals surface area contributed by atoms with Crippen molar-refractivity contribution in [1.29, 1.82) is 0 Å². The highest BCUT2D eigenvalue weighted by atomic mass is 16.5. The monoisotopic (exact) mass is 388 g/mol. The Hall–Kier alpha value is -2.12. The maximum absolute atomic E-state index is 12.5. The zero-order valence-corrected chi connectivity index (χ0v) is 16.9. The molecule has 0 radical (unpaired) electrons. The normalized spacial score (nSPS) is 22.7. The van der Waals surface area contributed by atoms with Gasteiger partial charge in [0.05, 0.1) is 25.7 Å². The van der Waals surface area contributed by atoms with Crippen molar-refractivity contribution in [3.8, 4) is 5.75 Å². The molecule has 0 saturated carbocycles. The summed E-state index contributed by atoms with van der Waals surface area (Å²) in [7, 11) is 1.64. The third kappa shape index (κ3) is 4.83. The second-order valence-corrected chi connectivity index (χ2v) is 7.84. The number of nitrogens with two attached hydrogens (primary N) is 1. The van der Waals surface area contributed by atoms with Gasteiger partial charge in [-0.15, -0.1) is 0 Å². The number of nitrogens with zero attached hydrogens (tertiary/aromatic N) is 2. The second-order valence-electron chi connectivity index (χ2n) is 7.84. The number of nitrogens with one attached hydrogen (secondary N) is 1. The van der Waals surface area contributed by atoms with E-state index in [1.54, 1.807) is 7.11 Å². The Morgan fingerprint density at radius 2 is 1.93 bits per heavy atom. The van der Waals surface area contributed by atoms with E-state index in [-0.39, 0.29) is 23.9 Å². The van der Waals surface area contributed by atoms with E-state index in [9.17, 15) is 9.59 Å². The van der Waals surface area contributed by atoms with Crippen LogP contribution in [0.3, 0.4) is 0 Å². The number of rotatable bonds is 7. The number of hydrogen-bond donors (Lipinski definition) is 2. The zero-order valence-electron chi connectivity index (χ0n) is 16.9. The molecule has 2 unspecified atom stereocenters. The highest BCUT2D eigenvalue weighted by molar-refractivity contribution is 5.80. The van der Waals surface area contributed by atoms with Crippen molar-refractivity contribution >= 4 is 11.8 Å². The minimum Gasteiger partial charge on any atom is -0.496 e. The Kier molecular flexibility index (Phi) is 6.91. The molecule has 2 aliphatic heterocycles. The average molecular weight is 389 g/mol. The van der Waals surface area contributed by atoms with Gasteiger partial charge >= 0.3 is 0 Å². The summed E-state index contributed by atoms with van der Waals surface area (Å²) >= 11 is 0. The van der Waals surface area contributed by atoms with Gasteiger partial charge in [-0.3, -0.25) is 19.4 Å². The quantitative estimate of drug-likeness (QED) is 0.735. The van der Waals surface area contributed by atoms with Crippen molar-refractivity contribution in [3.63, 3.8) is 0 Å². The summed E-state index contributed by atoms with van der Waals surface area (Å²) in [5, 5.41) is 3.07. The number of primary amides is 1. The Balaban J connectivity index is 1.47. The van der Waals surface area contributed by atoms with E-state index >= 15 is 0 Å². The fraction of sp³-hybridized carbons (Fsp3) is 0.619. The van der Waals surface area contributed by atoms with Crippen LogP contribution in [0.5, 0.6) is 5.75 Å². The molecule has 7 nitrogen and oxygen atoms in total. The van der Waals surface area contributed by atoms with Crippen molar-refractivity contribution in [2.45, 2.75) is 50.7 Å². The molecule has 0 aromatic heterocycles. The van der Waals surface area contributed by atoms with Crippen LogP contribution in [0.25, 0.3) is 0 Å². The van der Waals surface area contributed by atoms with Gasteiger partial charge in [0, 0.05) is 24.7 Å². The lowest BCUT2D eigenvalue weighted by Gasteiger charge is -2.38. The van der Waals surface area contributed by atoms with Gasteiger partial charge in [0.15, 0.2) is 0 Å². The number of ether oxygens (including phenoxy) is 1. The lowest BCUT2D eigenvalue weighted by Crippen LogP contribution is -2.51. The number of piperidine rings is 1. The molecule has 2 aliphatic rings. The van der Waals surface area contributed by atoms with Gasteiger partial charge in [-0.1, -0.05) is 18.2 Å². The first kappa shape index (κ1) is 20.6. The van der Waals surface area contributed by atoms with Crippen molar-refractivity contribution in [2.75, 3.05) is 33.3 Å². The van der Waals surface area contributed by atoms with Gasteiger partial charge in [-0.25, -0.2) is 0 Å². The van der Waals surface area contributed by atoms with E-state index in [0.717, 1.165) is 56.6 Å². The van der Waals surface area contributed by atoms with Crippen LogP contribution in [0, 0.1) is 0 Å². The van der Waals surface area contributed by atoms with Gasteiger partial charge in [-0.2, -0.15) is 0 Å². The molecular weight excluding hydrogens is 356 g/mol. The van der Waals surface area contributed by atoms with Crippen molar-refractivity contribution in [3.05, 3.63) is 29.8 Å². The topological polar surface area (TPSA) is 87.9 Å². The number of likely N-dealkylation sites (tertiary alicyclic amines) is 2. The largest absolute Gasteiger partial charge is 0.496 e. The van der Waals surface area contributed by atoms with Crippen LogP contribution in [-0.4, -0.2) is 67.0 Å². The van der Waals surface area contributed by atoms with Gasteiger partial charge in [0.25, 0.3) is 0 Å². The van der Waals surface area contributed by atoms with Gasteiger partial charge in [-0.05, 0) is 45.2 Å². The number of methoxy groups -OCH3 is 1. The van der Waals surface area contributed by atoms with Gasteiger partial charge in [0.1, 0.15) is 5.75 Å². The van der Waals surface area contributed by atoms with Gasteiger partial charge in [0.2, 0.25) is 11.8 Å². The molecule has 2 amide bonds. The van der Waals surface area contributed by atoms with Crippen LogP contribution in [0.2, 0.25) is 0 Å². The molecule has 3 rings (SSSR count). The summed E-state index contributed by atoms with van der Waals surface area (Å²) in [5.74, 6) is 0.600. The minimum absolute atomic E-state index is 0.0213. The molecule has 0 spiro atoms. The Morgan fingerprint density at radius 3 is 2.61 bits per heavy atom. The third-order valence-electron chi connectivity index (χ3n) is 6.00. The van der Waals surface area contributed by atoms with Crippen molar-refractivity contribution < 1.29 is 14.3 Å². The minimum atomic E-state index is -0.204. The second kappa shape index (κ2) is 9.39. The van der Waals surface area contributed by atoms with Crippen LogP contribution < -0.4 is 15.8 Å². The molecule has 1 aromatic carbocycles. The number of benzene rings is 1. The molecule has 0 aliphatic carbocycles. The maximum Gasteiger partial charge on any atom is 0.234 e. The van der Waals surface area contributed by atoms with E-state index in [2.05, 4.69) is 15.1 Å². The first-order valence-corrected chi connectivity index (χ1v) is 10.2. The number of carbonyl (C=O) groups is 2. The van der Waals surface area contributed by atoms with Crippen molar-refractivity contribution in [2.24, 2.45) is 5.73 Å². The van der Waals surface area contributed by atoms with Crippen LogP contribution in [0.1, 0.15) is 44.2 Å². The van der Waals surface area contributed by atoms with E-state index in [1.807, 2.05) is 31.2 Å². The first-order chi connectivity index (χ1) is 13.5. The molecule has 2 heterocycles. The molecule has 2 fully saturated rings. The van der Waals surface area contributed by atoms with Crippen molar-refractivity contribution in [1.82, 2.24) is 15.1 Å². The number of para-hydroxylation sites is 1. The standard InChI is InChI=1S/C21H32N4O3/c1-15(17-6-3-4-8-19(17)28-2)23-20(26)14-24-12-9-16(10-13-24)25-11-5-7-18(25)21(22)27/h3-4,6,8,15-16,18H,5,7,9-14H2,1-2H3,(H2,22,27)(H,23,26). The molecule has 154 valence electrons. The Labute approximate surface area is 167 Å². The third-order valence-corrected chi connectivity index (χ3v) is 6.00. The molecule has 0 bridgehead atoms. The summed E-state index contributed by atoms with van der Waals surface area (Å²) in [6.07, 6.45) is 3.86. The van der Waals surface area contributed by atoms with Crippen LogP contribution in [-0.2, 0) is 9.59 Å². The van der Waals surface area contributed by atoms with Gasteiger partial charge < -0.3 is 15.8 Å². The summed E-state index contributed by atoms with van der Waals surface area (Å²) in [6, 6.07) is 7.92. The van der Waals surface area contributed by atoms with Crippen LogP contribution in [0.15, 0.2) is 24.3 Å². The average Bonchev–Trinajstić information content (AvgIpc) is 3.18. The fourth-order valence-corrected chi connectivity index (χ4v) is 4.53. The number of amides is 2. The van der Waals surface area contributed by atoms with E-state index in [1.165, 1.54) is 0 Å². The first-order valence-electron chi connectivity index (χ1n) is 10.2. The molecule has 7 heteroatoms. The van der Waals surface area contributed by atoms with E-state index in [0.29, 0.717) is 12.6 Å². The summed E-state index contributed by atoms with van der Waals surface area (Å²) in [4.78, 5) is 28.6. The molecular formula is C21H32N4O3. The smallest absolute Gasteiger partial charge is 0.234 e. The zero-order chi connectivity index (χ0) is 20.1. The Morgan fingerprint density at radius 1 is 1.21 bits per heavy atom.